The molecule has 2 N–H and O–H groups in total. The molecule has 0 bridgehead atoms. The van der Waals surface area contributed by atoms with Crippen molar-refractivity contribution in [3.8, 4) is 0 Å². The van der Waals surface area contributed by atoms with E-state index in [1.807, 2.05) is 6.92 Å². The van der Waals surface area contributed by atoms with Gasteiger partial charge in [0.1, 0.15) is 0 Å². The van der Waals surface area contributed by atoms with E-state index in [-0.39, 0.29) is 0 Å². The minimum Gasteiger partial charge on any atom is -0.379 e. The van der Waals surface area contributed by atoms with Crippen molar-refractivity contribution in [3.63, 3.8) is 0 Å². The minimum absolute atomic E-state index is 0.344. The third-order valence-electron chi connectivity index (χ3n) is 4.44. The lowest BCUT2D eigenvalue weighted by Crippen LogP contribution is -2.47. The van der Waals surface area contributed by atoms with Crippen molar-refractivity contribution < 1.29 is 8.95 Å². The first-order valence-electron chi connectivity index (χ1n) is 8.65. The molecule has 22 heavy (non-hydrogen) atoms. The fourth-order valence-electron chi connectivity index (χ4n) is 2.91. The van der Waals surface area contributed by atoms with Crippen molar-refractivity contribution >= 4 is 16.8 Å². The van der Waals surface area contributed by atoms with E-state index in [9.17, 15) is 4.21 Å². The summed E-state index contributed by atoms with van der Waals surface area (Å²) in [5.74, 6) is 2.42. The Kier molecular flexibility index (Phi) is 7.66. The largest absolute Gasteiger partial charge is 0.379 e. The van der Waals surface area contributed by atoms with Gasteiger partial charge in [0.05, 0.1) is 6.61 Å². The SMILES string of the molecule is CCS(=O)C1CCCC(NC(=NC)NCCOCC2CC2)C1. The zero-order chi connectivity index (χ0) is 15.8. The quantitative estimate of drug-likeness (QED) is 0.404. The smallest absolute Gasteiger partial charge is 0.191 e. The first-order chi connectivity index (χ1) is 10.7. The van der Waals surface area contributed by atoms with Gasteiger partial charge in [-0.25, -0.2) is 0 Å². The molecule has 0 spiro atoms. The van der Waals surface area contributed by atoms with Gasteiger partial charge < -0.3 is 15.4 Å². The Morgan fingerprint density at radius 2 is 2.14 bits per heavy atom. The fraction of sp³-hybridized carbons (Fsp3) is 0.938. The maximum atomic E-state index is 12.0. The molecule has 3 unspecified atom stereocenters. The lowest BCUT2D eigenvalue weighted by molar-refractivity contribution is 0.129. The van der Waals surface area contributed by atoms with Gasteiger partial charge >= 0.3 is 0 Å². The van der Waals surface area contributed by atoms with Crippen LogP contribution in [-0.2, 0) is 15.5 Å². The zero-order valence-electron chi connectivity index (χ0n) is 14.0. The Morgan fingerprint density at radius 1 is 1.32 bits per heavy atom. The van der Waals surface area contributed by atoms with Crippen LogP contribution in [0, 0.1) is 5.92 Å². The van der Waals surface area contributed by atoms with Gasteiger partial charge in [-0.3, -0.25) is 9.20 Å². The van der Waals surface area contributed by atoms with Gasteiger partial charge in [-0.15, -0.1) is 0 Å². The molecule has 5 nitrogen and oxygen atoms in total. The summed E-state index contributed by atoms with van der Waals surface area (Å²) in [6.45, 7) is 4.42. The van der Waals surface area contributed by atoms with Gasteiger partial charge in [-0.2, -0.15) is 0 Å². The number of aliphatic imine (C=N–C) groups is 1. The molecule has 0 amide bonds. The number of nitrogens with zero attached hydrogens (tertiary/aromatic N) is 1. The molecule has 2 rings (SSSR count). The molecular weight excluding hydrogens is 298 g/mol. The Balaban J connectivity index is 1.64. The van der Waals surface area contributed by atoms with Crippen LogP contribution in [0.5, 0.6) is 0 Å². The van der Waals surface area contributed by atoms with E-state index in [4.69, 9.17) is 4.74 Å². The second-order valence-corrected chi connectivity index (χ2v) is 8.32. The van der Waals surface area contributed by atoms with Crippen molar-refractivity contribution in [1.29, 1.82) is 0 Å². The van der Waals surface area contributed by atoms with Gasteiger partial charge in [0.2, 0.25) is 0 Å². The Morgan fingerprint density at radius 3 is 2.82 bits per heavy atom. The van der Waals surface area contributed by atoms with Crippen molar-refractivity contribution in [2.75, 3.05) is 32.6 Å². The number of ether oxygens (including phenoxy) is 1. The topological polar surface area (TPSA) is 62.7 Å². The molecule has 0 saturated heterocycles. The summed E-state index contributed by atoms with van der Waals surface area (Å²) < 4.78 is 17.6. The molecule has 2 aliphatic carbocycles. The molecule has 6 heteroatoms. The van der Waals surface area contributed by atoms with Crippen LogP contribution in [0.3, 0.4) is 0 Å². The number of guanidine groups is 1. The van der Waals surface area contributed by atoms with E-state index in [2.05, 4.69) is 15.6 Å². The van der Waals surface area contributed by atoms with Crippen LogP contribution in [0.4, 0.5) is 0 Å². The molecule has 0 aromatic rings. The van der Waals surface area contributed by atoms with Gasteiger partial charge in [0.15, 0.2) is 5.96 Å². The van der Waals surface area contributed by atoms with Crippen molar-refractivity contribution in [2.45, 2.75) is 56.7 Å². The molecule has 2 aliphatic rings. The zero-order valence-corrected chi connectivity index (χ0v) is 14.8. The Labute approximate surface area is 137 Å². The van der Waals surface area contributed by atoms with E-state index >= 15 is 0 Å². The fourth-order valence-corrected chi connectivity index (χ4v) is 4.26. The van der Waals surface area contributed by atoms with Crippen molar-refractivity contribution in [1.82, 2.24) is 10.6 Å². The van der Waals surface area contributed by atoms with E-state index < -0.39 is 10.8 Å². The van der Waals surface area contributed by atoms with Gasteiger partial charge in [-0.1, -0.05) is 13.3 Å². The lowest BCUT2D eigenvalue weighted by Gasteiger charge is -2.30. The molecule has 0 heterocycles. The average molecular weight is 330 g/mol. The number of rotatable bonds is 8. The van der Waals surface area contributed by atoms with Crippen molar-refractivity contribution in [3.05, 3.63) is 0 Å². The lowest BCUT2D eigenvalue weighted by atomic mass is 9.95. The molecule has 0 aliphatic heterocycles. The van der Waals surface area contributed by atoms with Crippen LogP contribution in [0.25, 0.3) is 0 Å². The standard InChI is InChI=1S/C16H31N3O2S/c1-3-22(20)15-6-4-5-14(11-15)19-16(17-2)18-9-10-21-12-13-7-8-13/h13-15H,3-12H2,1-2H3,(H2,17,18,19). The molecule has 128 valence electrons. The summed E-state index contributed by atoms with van der Waals surface area (Å²) in [6, 6.07) is 0.382. The van der Waals surface area contributed by atoms with Crippen LogP contribution in [0.1, 0.15) is 45.4 Å². The summed E-state index contributed by atoms with van der Waals surface area (Å²) in [7, 11) is 1.12. The summed E-state index contributed by atoms with van der Waals surface area (Å²) >= 11 is 0. The van der Waals surface area contributed by atoms with E-state index in [1.54, 1.807) is 7.05 Å². The number of nitrogens with one attached hydrogen (secondary N) is 2. The van der Waals surface area contributed by atoms with Crippen LogP contribution in [-0.4, -0.2) is 54.0 Å². The molecule has 0 radical (unpaired) electrons. The van der Waals surface area contributed by atoms with Gasteiger partial charge in [0.25, 0.3) is 0 Å². The predicted molar refractivity (Wildman–Crippen MR) is 92.8 cm³/mol. The second-order valence-electron chi connectivity index (χ2n) is 6.32. The highest BCUT2D eigenvalue weighted by atomic mass is 32.2. The average Bonchev–Trinajstić information content (AvgIpc) is 3.37. The first-order valence-corrected chi connectivity index (χ1v) is 10.0. The minimum atomic E-state index is -0.678. The maximum absolute atomic E-state index is 12.0. The summed E-state index contributed by atoms with van der Waals surface area (Å²) in [4.78, 5) is 4.28. The number of hydrogen-bond donors (Lipinski definition) is 2. The third kappa shape index (κ3) is 6.24. The Bertz CT molecular complexity index is 386. The van der Waals surface area contributed by atoms with Gasteiger partial charge in [-0.05, 0) is 38.0 Å². The molecule has 2 saturated carbocycles. The summed E-state index contributed by atoms with van der Waals surface area (Å²) in [5, 5.41) is 7.13. The van der Waals surface area contributed by atoms with Crippen molar-refractivity contribution in [2.24, 2.45) is 10.9 Å². The predicted octanol–water partition coefficient (Wildman–Crippen LogP) is 1.66. The molecule has 3 atom stereocenters. The van der Waals surface area contributed by atoms with Crippen LogP contribution < -0.4 is 10.6 Å². The van der Waals surface area contributed by atoms with E-state index in [0.29, 0.717) is 11.3 Å². The molecule has 0 aromatic carbocycles. The second kappa shape index (κ2) is 9.50. The van der Waals surface area contributed by atoms with Crippen LogP contribution in [0.2, 0.25) is 0 Å². The number of hydrogen-bond acceptors (Lipinski definition) is 3. The molecular formula is C16H31N3O2S. The Hall–Kier alpha value is -0.620. The van der Waals surface area contributed by atoms with Crippen LogP contribution >= 0.6 is 0 Å². The normalized spacial score (nSPS) is 27.5. The summed E-state index contributed by atoms with van der Waals surface area (Å²) in [5.41, 5.74) is 0. The molecule has 0 aromatic heterocycles. The highest BCUT2D eigenvalue weighted by Gasteiger charge is 2.26. The van der Waals surface area contributed by atoms with E-state index in [0.717, 1.165) is 63.1 Å². The highest BCUT2D eigenvalue weighted by molar-refractivity contribution is 7.85. The monoisotopic (exact) mass is 329 g/mol. The molecule has 2 fully saturated rings. The van der Waals surface area contributed by atoms with Gasteiger partial charge in [0, 0.05) is 48.0 Å². The van der Waals surface area contributed by atoms with E-state index in [1.165, 1.54) is 12.8 Å². The highest BCUT2D eigenvalue weighted by Crippen LogP contribution is 2.28. The first kappa shape index (κ1) is 17.7. The van der Waals surface area contributed by atoms with Crippen LogP contribution in [0.15, 0.2) is 4.99 Å². The maximum Gasteiger partial charge on any atom is 0.191 e. The third-order valence-corrected chi connectivity index (χ3v) is 6.18. The summed E-state index contributed by atoms with van der Waals surface area (Å²) in [6.07, 6.45) is 7.03.